The zero-order valence-corrected chi connectivity index (χ0v) is 58.8. The van der Waals surface area contributed by atoms with Crippen LogP contribution in [-0.4, -0.2) is 28.7 Å². The molecule has 457 valence electrons. The molecule has 7 heteroatoms. The smallest absolute Gasteiger partial charge is 0.102 e. The maximum Gasteiger partial charge on any atom is 0.102 e. The van der Waals surface area contributed by atoms with E-state index in [1.807, 2.05) is 6.07 Å². The van der Waals surface area contributed by atoms with Gasteiger partial charge in [-0.3, -0.25) is 19.9 Å². The molecule has 0 aliphatic heterocycles. The van der Waals surface area contributed by atoms with E-state index in [1.165, 1.54) is 55.6 Å². The van der Waals surface area contributed by atoms with Gasteiger partial charge >= 0.3 is 0 Å². The van der Waals surface area contributed by atoms with Crippen molar-refractivity contribution in [1.82, 2.24) is 28.7 Å². The first kappa shape index (κ1) is 61.9. The number of aromatic nitrogens is 6. The predicted molar refractivity (Wildman–Crippen MR) is 371 cm³/mol. The number of imidazole rings is 2. The summed E-state index contributed by atoms with van der Waals surface area (Å²) in [4.78, 5) is 21.5. The van der Waals surface area contributed by atoms with Crippen molar-refractivity contribution >= 4 is 55.2 Å². The summed E-state index contributed by atoms with van der Waals surface area (Å²) in [5, 5.41) is 1.94. The third kappa shape index (κ3) is 9.31. The summed E-state index contributed by atoms with van der Waals surface area (Å²) in [6, 6.07) is 62.4. The minimum atomic E-state index is -0.242. The van der Waals surface area contributed by atoms with E-state index < -0.39 is 0 Å². The summed E-state index contributed by atoms with van der Waals surface area (Å²) < 4.78 is 4.63. The zero-order chi connectivity index (χ0) is 63.0. The van der Waals surface area contributed by atoms with Gasteiger partial charge in [0.2, 0.25) is 0 Å². The number of nitrogens with zero attached hydrogens (tertiary/aromatic N) is 6. The summed E-state index contributed by atoms with van der Waals surface area (Å²) in [7, 11) is 0. The normalized spacial score (nSPS) is 17.0. The second-order valence-corrected chi connectivity index (χ2v) is 32.1. The molecule has 8 aromatic carbocycles. The van der Waals surface area contributed by atoms with Crippen molar-refractivity contribution in [2.24, 2.45) is 10.8 Å². The van der Waals surface area contributed by atoms with Crippen LogP contribution in [0.5, 0.6) is 0 Å². The fourth-order valence-corrected chi connectivity index (χ4v) is 14.8. The number of rotatable bonds is 4. The average molecular weight is 1350 g/mol. The molecule has 89 heavy (non-hydrogen) atoms. The summed E-state index contributed by atoms with van der Waals surface area (Å²) in [6.45, 7) is 49.1. The second kappa shape index (κ2) is 20.3. The Kier molecular flexibility index (Phi) is 14.2. The molecule has 2 aliphatic rings. The zero-order valence-electron chi connectivity index (χ0n) is 56.5. The van der Waals surface area contributed by atoms with E-state index in [-0.39, 0.29) is 68.8 Å². The first-order valence-electron chi connectivity index (χ1n) is 31.9. The molecule has 4 heterocycles. The minimum absolute atomic E-state index is 0. The topological polar surface area (TPSA) is 60.4 Å². The Morgan fingerprint density at radius 1 is 0.360 bits per heavy atom. The van der Waals surface area contributed by atoms with Gasteiger partial charge in [-0.1, -0.05) is 241 Å². The first-order valence-corrected chi connectivity index (χ1v) is 31.9. The third-order valence-corrected chi connectivity index (χ3v) is 22.6. The van der Waals surface area contributed by atoms with E-state index in [4.69, 9.17) is 19.9 Å². The van der Waals surface area contributed by atoms with Crippen LogP contribution in [0.15, 0.2) is 152 Å². The molecule has 0 N–H and O–H groups in total. The van der Waals surface area contributed by atoms with Gasteiger partial charge in [-0.25, -0.2) is 0 Å². The number of fused-ring (bicyclic) bond motifs is 12. The molecular weight excluding hydrogens is 1260 g/mol. The standard InChI is InChI=1S/C51H48N3.C31H40N3.Ir/c1-48(2,3)47-53-45-39(24-17-25-40(45)46-52-43-30-41-42(31-44(43)54(46)47)50(6,7)51(8,9)49(41,4)5)35-23-16-22-34(26-35)38-28-36(32-18-12-10-13-19-32)27-37(29-38)33-20-14-11-15-21-33;1-27(2,3)18-13-14-19-22(15-18)33-26(28(4,5)6)34-24-17-21-20(16-23(24)32-25(19)34)29(7,8)31(11,12)30(21,9)10;/h10-24,26-31H,1-9H3;13,15-17H,1-12H3;/q2*-1;. The molecule has 0 saturated carbocycles. The Bertz CT molecular complexity index is 4780. The molecule has 12 aromatic rings. The first-order chi connectivity index (χ1) is 41.1. The van der Waals surface area contributed by atoms with E-state index in [0.29, 0.717) is 0 Å². The number of benzene rings is 8. The van der Waals surface area contributed by atoms with Gasteiger partial charge in [0.1, 0.15) is 11.6 Å². The summed E-state index contributed by atoms with van der Waals surface area (Å²) in [5.41, 5.74) is 24.3. The molecule has 1 radical (unpaired) electrons. The molecule has 0 bridgehead atoms. The van der Waals surface area contributed by atoms with Crippen molar-refractivity contribution in [2.45, 2.75) is 183 Å². The fourth-order valence-electron chi connectivity index (χ4n) is 14.8. The van der Waals surface area contributed by atoms with E-state index in [9.17, 15) is 0 Å². The van der Waals surface area contributed by atoms with E-state index in [1.54, 1.807) is 0 Å². The third-order valence-electron chi connectivity index (χ3n) is 22.6. The van der Waals surface area contributed by atoms with Crippen LogP contribution in [0.2, 0.25) is 0 Å². The number of hydrogen-bond donors (Lipinski definition) is 0. The largest absolute Gasteiger partial charge is 0.321 e. The van der Waals surface area contributed by atoms with Crippen molar-refractivity contribution in [2.75, 3.05) is 0 Å². The number of hydrogen-bond acceptors (Lipinski definition) is 4. The fraction of sp³-hybridized carbons (Fsp3) is 0.366. The molecule has 6 nitrogen and oxygen atoms in total. The van der Waals surface area contributed by atoms with Crippen molar-refractivity contribution < 1.29 is 20.1 Å². The summed E-state index contributed by atoms with van der Waals surface area (Å²) in [6.07, 6.45) is 0. The molecule has 0 amide bonds. The van der Waals surface area contributed by atoms with E-state index in [2.05, 4.69) is 312 Å². The van der Waals surface area contributed by atoms with Crippen LogP contribution >= 0.6 is 0 Å². The molecule has 0 unspecified atom stereocenters. The second-order valence-electron chi connectivity index (χ2n) is 32.1. The molecule has 0 spiro atoms. The van der Waals surface area contributed by atoms with Crippen LogP contribution in [0, 0.1) is 23.0 Å². The Labute approximate surface area is 542 Å². The molecule has 14 rings (SSSR count). The van der Waals surface area contributed by atoms with Crippen LogP contribution in [0.1, 0.15) is 185 Å². The van der Waals surface area contributed by atoms with Crippen LogP contribution in [0.4, 0.5) is 0 Å². The monoisotopic (exact) mass is 1350 g/mol. The SMILES string of the molecule is CC(C)(C)c1c[c-]c2c(c1)nc(C(C)(C)C)n1c3cc4c(cc3nc21)C(C)(C)C(C)(C)C4(C)C.CC(C)(C)c1nc2c(-c3cccc(-c4cc(-c5ccccc5)cc(-c5ccccc5)c4)c3)cc[c-]c2c2nc3cc4c(cc3n12)C(C)(C)C(C)(C)C4(C)C.[Ir]. The van der Waals surface area contributed by atoms with Crippen molar-refractivity contribution in [3.63, 3.8) is 0 Å². The van der Waals surface area contributed by atoms with Gasteiger partial charge in [-0.2, -0.15) is 0 Å². The molecule has 4 aromatic heterocycles. The van der Waals surface area contributed by atoms with Crippen molar-refractivity contribution in [3.05, 3.63) is 203 Å². The van der Waals surface area contributed by atoms with Crippen LogP contribution in [0.3, 0.4) is 0 Å². The summed E-state index contributed by atoms with van der Waals surface area (Å²) >= 11 is 0. The van der Waals surface area contributed by atoms with E-state index >= 15 is 0 Å². The Morgan fingerprint density at radius 2 is 0.764 bits per heavy atom. The predicted octanol–water partition coefficient (Wildman–Crippen LogP) is 21.4. The Morgan fingerprint density at radius 3 is 1.22 bits per heavy atom. The average Bonchev–Trinajstić information content (AvgIpc) is 1.55. The van der Waals surface area contributed by atoms with Gasteiger partial charge in [0.05, 0.1) is 33.4 Å². The van der Waals surface area contributed by atoms with E-state index in [0.717, 1.165) is 83.5 Å². The van der Waals surface area contributed by atoms with Gasteiger partial charge in [-0.15, -0.1) is 42.0 Å². The van der Waals surface area contributed by atoms with Crippen LogP contribution in [-0.2, 0) is 58.0 Å². The van der Waals surface area contributed by atoms with Gasteiger partial charge in [-0.05, 0) is 159 Å². The van der Waals surface area contributed by atoms with Crippen molar-refractivity contribution in [3.8, 4) is 44.5 Å². The Balaban J connectivity index is 0.000000189. The Hall–Kier alpha value is -7.31. The van der Waals surface area contributed by atoms with Crippen LogP contribution < -0.4 is 0 Å². The minimum Gasteiger partial charge on any atom is -0.321 e. The maximum atomic E-state index is 5.56. The molecule has 0 saturated heterocycles. The van der Waals surface area contributed by atoms with Crippen LogP contribution in [0.25, 0.3) is 99.7 Å². The maximum absolute atomic E-state index is 5.56. The summed E-state index contributed by atoms with van der Waals surface area (Å²) in [5.74, 6) is 2.05. The quantitative estimate of drug-likeness (QED) is 0.165. The molecule has 0 fully saturated rings. The molecule has 2 aliphatic carbocycles. The van der Waals surface area contributed by atoms with Gasteiger partial charge < -0.3 is 8.80 Å². The molecular formula is C82H88IrN6-2. The van der Waals surface area contributed by atoms with Gasteiger partial charge in [0, 0.05) is 30.9 Å². The van der Waals surface area contributed by atoms with Gasteiger partial charge in [0.15, 0.2) is 0 Å². The molecule has 0 atom stereocenters. The van der Waals surface area contributed by atoms with Gasteiger partial charge in [0.25, 0.3) is 0 Å². The van der Waals surface area contributed by atoms with Crippen molar-refractivity contribution in [1.29, 1.82) is 0 Å².